The highest BCUT2D eigenvalue weighted by Gasteiger charge is 2.13. The summed E-state index contributed by atoms with van der Waals surface area (Å²) in [6.45, 7) is 5.90. The molecule has 0 radical (unpaired) electrons. The number of para-hydroxylation sites is 1. The highest BCUT2D eigenvalue weighted by atomic mass is 16.5. The second-order valence-corrected chi connectivity index (χ2v) is 5.63. The molecule has 3 heteroatoms. The van der Waals surface area contributed by atoms with Crippen LogP contribution in [0.5, 0.6) is 0 Å². The highest BCUT2D eigenvalue weighted by molar-refractivity contribution is 5.82. The average molecular weight is 270 g/mol. The normalized spacial score (nSPS) is 16.6. The molecule has 1 saturated heterocycles. The smallest absolute Gasteiger partial charge is 0.0708 e. The van der Waals surface area contributed by atoms with Crippen LogP contribution in [0.2, 0.25) is 0 Å². The summed E-state index contributed by atoms with van der Waals surface area (Å²) in [6, 6.07) is 10.6. The Morgan fingerprint density at radius 2 is 2.05 bits per heavy atom. The minimum Gasteiger partial charge on any atom is -0.381 e. The molecule has 0 unspecified atom stereocenters. The summed E-state index contributed by atoms with van der Waals surface area (Å²) in [5.74, 6) is 0.762. The van der Waals surface area contributed by atoms with Crippen LogP contribution in [-0.4, -0.2) is 24.7 Å². The average Bonchev–Trinajstić information content (AvgIpc) is 2.48. The zero-order valence-electron chi connectivity index (χ0n) is 12.1. The van der Waals surface area contributed by atoms with Gasteiger partial charge in [0.05, 0.1) is 5.52 Å². The molecule has 106 valence electrons. The van der Waals surface area contributed by atoms with Gasteiger partial charge in [-0.25, -0.2) is 0 Å². The van der Waals surface area contributed by atoms with E-state index in [0.29, 0.717) is 0 Å². The number of fused-ring (bicyclic) bond motifs is 1. The summed E-state index contributed by atoms with van der Waals surface area (Å²) in [5.41, 5.74) is 3.53. The summed E-state index contributed by atoms with van der Waals surface area (Å²) in [7, 11) is 0. The number of hydrogen-bond donors (Lipinski definition) is 1. The van der Waals surface area contributed by atoms with E-state index in [1.54, 1.807) is 0 Å². The van der Waals surface area contributed by atoms with Gasteiger partial charge in [-0.2, -0.15) is 0 Å². The molecule has 3 rings (SSSR count). The van der Waals surface area contributed by atoms with Gasteiger partial charge in [-0.15, -0.1) is 0 Å². The highest BCUT2D eigenvalue weighted by Crippen LogP contribution is 2.18. The minimum atomic E-state index is 0.762. The molecule has 0 aliphatic carbocycles. The number of pyridine rings is 1. The van der Waals surface area contributed by atoms with Crippen LogP contribution in [-0.2, 0) is 11.3 Å². The molecule has 1 aliphatic rings. The first kappa shape index (κ1) is 13.5. The molecule has 1 fully saturated rings. The Morgan fingerprint density at radius 1 is 1.25 bits per heavy atom. The number of rotatable bonds is 4. The zero-order valence-corrected chi connectivity index (χ0v) is 12.1. The van der Waals surface area contributed by atoms with Gasteiger partial charge in [0.25, 0.3) is 0 Å². The molecule has 0 amide bonds. The lowest BCUT2D eigenvalue weighted by Gasteiger charge is -2.22. The van der Waals surface area contributed by atoms with Gasteiger partial charge < -0.3 is 10.1 Å². The molecule has 1 aromatic heterocycles. The van der Waals surface area contributed by atoms with E-state index in [0.717, 1.165) is 43.4 Å². The number of aromatic nitrogens is 1. The van der Waals surface area contributed by atoms with Gasteiger partial charge in [-0.05, 0) is 49.9 Å². The summed E-state index contributed by atoms with van der Waals surface area (Å²) >= 11 is 0. The largest absolute Gasteiger partial charge is 0.381 e. The molecule has 0 atom stereocenters. The predicted octanol–water partition coefficient (Wildman–Crippen LogP) is 3.06. The van der Waals surface area contributed by atoms with E-state index in [9.17, 15) is 0 Å². The van der Waals surface area contributed by atoms with Crippen LogP contribution >= 0.6 is 0 Å². The van der Waals surface area contributed by atoms with E-state index in [-0.39, 0.29) is 0 Å². The van der Waals surface area contributed by atoms with E-state index >= 15 is 0 Å². The molecule has 1 aliphatic heterocycles. The fraction of sp³-hybridized carbons (Fsp3) is 0.471. The van der Waals surface area contributed by atoms with Gasteiger partial charge in [0.2, 0.25) is 0 Å². The minimum absolute atomic E-state index is 0.762. The first-order valence-electron chi connectivity index (χ1n) is 7.46. The molecule has 0 spiro atoms. The molecule has 1 N–H and O–H groups in total. The molecular weight excluding hydrogens is 248 g/mol. The van der Waals surface area contributed by atoms with E-state index in [4.69, 9.17) is 4.74 Å². The summed E-state index contributed by atoms with van der Waals surface area (Å²) < 4.78 is 5.40. The summed E-state index contributed by atoms with van der Waals surface area (Å²) in [5, 5.41) is 4.87. The maximum atomic E-state index is 5.40. The van der Waals surface area contributed by atoms with E-state index in [2.05, 4.69) is 41.5 Å². The van der Waals surface area contributed by atoms with Crippen molar-refractivity contribution in [2.45, 2.75) is 26.3 Å². The van der Waals surface area contributed by atoms with Crippen LogP contribution in [0.3, 0.4) is 0 Å². The molecular formula is C17H22N2O. The summed E-state index contributed by atoms with van der Waals surface area (Å²) in [4.78, 5) is 4.59. The van der Waals surface area contributed by atoms with Crippen LogP contribution in [0.25, 0.3) is 10.9 Å². The Hall–Kier alpha value is -1.45. The Kier molecular flexibility index (Phi) is 4.28. The fourth-order valence-corrected chi connectivity index (χ4v) is 2.90. The second kappa shape index (κ2) is 6.33. The fourth-order valence-electron chi connectivity index (χ4n) is 2.90. The molecule has 1 aromatic carbocycles. The SMILES string of the molecule is Cc1cc(CNCC2CCOCC2)c2ccccc2n1. The standard InChI is InChI=1S/C17H22N2O/c1-13-10-15(16-4-2-3-5-17(16)19-13)12-18-11-14-6-8-20-9-7-14/h2-5,10,14,18H,6-9,11-12H2,1H3. The van der Waals surface area contributed by atoms with Crippen molar-refractivity contribution < 1.29 is 4.74 Å². The number of benzene rings is 1. The van der Waals surface area contributed by atoms with Crippen molar-refractivity contribution >= 4 is 10.9 Å². The third-order valence-corrected chi connectivity index (χ3v) is 4.02. The Morgan fingerprint density at radius 3 is 2.90 bits per heavy atom. The Balaban J connectivity index is 1.67. The predicted molar refractivity (Wildman–Crippen MR) is 81.7 cm³/mol. The molecule has 3 nitrogen and oxygen atoms in total. The quantitative estimate of drug-likeness (QED) is 0.927. The Labute approximate surface area is 120 Å². The van der Waals surface area contributed by atoms with Gasteiger partial charge >= 0.3 is 0 Å². The van der Waals surface area contributed by atoms with E-state index in [1.807, 2.05) is 6.07 Å². The third-order valence-electron chi connectivity index (χ3n) is 4.02. The van der Waals surface area contributed by atoms with E-state index < -0.39 is 0 Å². The van der Waals surface area contributed by atoms with Crippen LogP contribution in [0.4, 0.5) is 0 Å². The molecule has 0 saturated carbocycles. The van der Waals surface area contributed by atoms with Gasteiger partial charge in [0.15, 0.2) is 0 Å². The maximum absolute atomic E-state index is 5.40. The Bertz CT molecular complexity index is 576. The molecule has 0 bridgehead atoms. The van der Waals surface area contributed by atoms with Crippen molar-refractivity contribution in [1.82, 2.24) is 10.3 Å². The molecule has 2 heterocycles. The van der Waals surface area contributed by atoms with Crippen molar-refractivity contribution in [1.29, 1.82) is 0 Å². The lowest BCUT2D eigenvalue weighted by atomic mass is 10.0. The first-order chi connectivity index (χ1) is 9.83. The van der Waals surface area contributed by atoms with Gasteiger partial charge in [0.1, 0.15) is 0 Å². The number of nitrogens with one attached hydrogen (secondary N) is 1. The van der Waals surface area contributed by atoms with Crippen LogP contribution < -0.4 is 5.32 Å². The number of ether oxygens (including phenoxy) is 1. The van der Waals surface area contributed by atoms with Crippen molar-refractivity contribution in [2.24, 2.45) is 5.92 Å². The summed E-state index contributed by atoms with van der Waals surface area (Å²) in [6.07, 6.45) is 2.37. The van der Waals surface area contributed by atoms with Gasteiger partial charge in [-0.3, -0.25) is 4.98 Å². The van der Waals surface area contributed by atoms with Crippen LogP contribution in [0.1, 0.15) is 24.1 Å². The topological polar surface area (TPSA) is 34.1 Å². The van der Waals surface area contributed by atoms with Gasteiger partial charge in [-0.1, -0.05) is 18.2 Å². The molecule has 2 aromatic rings. The van der Waals surface area contributed by atoms with E-state index in [1.165, 1.54) is 23.8 Å². The van der Waals surface area contributed by atoms with Crippen molar-refractivity contribution in [3.8, 4) is 0 Å². The van der Waals surface area contributed by atoms with Crippen LogP contribution in [0.15, 0.2) is 30.3 Å². The van der Waals surface area contributed by atoms with Crippen molar-refractivity contribution in [3.05, 3.63) is 41.6 Å². The number of hydrogen-bond acceptors (Lipinski definition) is 3. The number of aryl methyl sites for hydroxylation is 1. The molecule has 20 heavy (non-hydrogen) atoms. The van der Waals surface area contributed by atoms with Crippen LogP contribution in [0, 0.1) is 12.8 Å². The van der Waals surface area contributed by atoms with Crippen molar-refractivity contribution in [2.75, 3.05) is 19.8 Å². The lowest BCUT2D eigenvalue weighted by Crippen LogP contribution is -2.27. The first-order valence-corrected chi connectivity index (χ1v) is 7.46. The van der Waals surface area contributed by atoms with Gasteiger partial charge in [0, 0.05) is 30.8 Å². The maximum Gasteiger partial charge on any atom is 0.0708 e. The lowest BCUT2D eigenvalue weighted by molar-refractivity contribution is 0.0662. The monoisotopic (exact) mass is 270 g/mol. The third kappa shape index (κ3) is 3.17. The second-order valence-electron chi connectivity index (χ2n) is 5.63. The zero-order chi connectivity index (χ0) is 13.8. The number of nitrogens with zero attached hydrogens (tertiary/aromatic N) is 1. The van der Waals surface area contributed by atoms with Crippen molar-refractivity contribution in [3.63, 3.8) is 0 Å².